The summed E-state index contributed by atoms with van der Waals surface area (Å²) >= 11 is 0. The van der Waals surface area contributed by atoms with Crippen LogP contribution in [0.4, 0.5) is 0 Å². The number of benzene rings is 1. The molecule has 4 nitrogen and oxygen atoms in total. The predicted molar refractivity (Wildman–Crippen MR) is 106 cm³/mol. The molecular weight excluding hydrogens is 348 g/mol. The van der Waals surface area contributed by atoms with Gasteiger partial charge in [-0.1, -0.05) is 24.6 Å². The van der Waals surface area contributed by atoms with Gasteiger partial charge in [0, 0.05) is 12.8 Å². The molecule has 0 fully saturated rings. The maximum Gasteiger partial charge on any atom is 0.167 e. The lowest BCUT2D eigenvalue weighted by atomic mass is 9.80. The fourth-order valence-electron chi connectivity index (χ4n) is 4.10. The highest BCUT2D eigenvalue weighted by atomic mass is 32.2. The number of Topliss-reactive ketones (excluding diaryl/α,β-unsaturated/α-hetero) is 1. The quantitative estimate of drug-likeness (QED) is 0.793. The smallest absolute Gasteiger partial charge is 0.167 e. The van der Waals surface area contributed by atoms with Gasteiger partial charge in [-0.05, 0) is 63.1 Å². The van der Waals surface area contributed by atoms with Crippen LogP contribution in [-0.2, 0) is 14.6 Å². The molecule has 0 radical (unpaired) electrons. The summed E-state index contributed by atoms with van der Waals surface area (Å²) in [7, 11) is -3.14. The zero-order valence-electron chi connectivity index (χ0n) is 16.4. The second-order valence-electron chi connectivity index (χ2n) is 7.71. The predicted octanol–water partition coefficient (Wildman–Crippen LogP) is 4.46. The summed E-state index contributed by atoms with van der Waals surface area (Å²) in [6, 6.07) is 4.03. The lowest BCUT2D eigenvalue weighted by molar-refractivity contribution is -0.115. The summed E-state index contributed by atoms with van der Waals surface area (Å²) < 4.78 is 24.4. The van der Waals surface area contributed by atoms with Crippen molar-refractivity contribution in [3.8, 4) is 0 Å². The number of rotatable bonds is 6. The number of carbonyl (C=O) groups is 1. The van der Waals surface area contributed by atoms with Gasteiger partial charge in [0.15, 0.2) is 15.6 Å². The highest BCUT2D eigenvalue weighted by Gasteiger charge is 2.33. The third kappa shape index (κ3) is 4.37. The summed E-state index contributed by atoms with van der Waals surface area (Å²) in [5.41, 5.74) is 4.33. The van der Waals surface area contributed by atoms with Gasteiger partial charge in [-0.15, -0.1) is 0 Å². The van der Waals surface area contributed by atoms with Gasteiger partial charge in [0.2, 0.25) is 0 Å². The molecule has 0 aliphatic heterocycles. The molecule has 1 N–H and O–H groups in total. The van der Waals surface area contributed by atoms with Crippen molar-refractivity contribution in [1.29, 1.82) is 0 Å². The van der Waals surface area contributed by atoms with Crippen LogP contribution < -0.4 is 0 Å². The Bertz CT molecular complexity index is 811. The number of allylic oxidation sites excluding steroid dienone is 2. The Hall–Kier alpha value is -1.62. The molecule has 1 aliphatic carbocycles. The van der Waals surface area contributed by atoms with Crippen molar-refractivity contribution in [2.75, 3.05) is 5.75 Å². The zero-order chi connectivity index (χ0) is 19.6. The minimum absolute atomic E-state index is 0.0890. The average molecular weight is 379 g/mol. The van der Waals surface area contributed by atoms with Crippen molar-refractivity contribution in [2.24, 2.45) is 5.92 Å². The van der Waals surface area contributed by atoms with Gasteiger partial charge in [-0.3, -0.25) is 4.79 Å². The van der Waals surface area contributed by atoms with Gasteiger partial charge < -0.3 is 5.11 Å². The SMILES string of the molecule is CCCS(=O)(=O)C(C)CC1CC(=O)C(c2c(C)cc(C)cc2C)=C(O)C1. The lowest BCUT2D eigenvalue weighted by Crippen LogP contribution is -2.27. The first-order valence-electron chi connectivity index (χ1n) is 9.31. The van der Waals surface area contributed by atoms with Gasteiger partial charge >= 0.3 is 0 Å². The second kappa shape index (κ2) is 7.95. The summed E-state index contributed by atoms with van der Waals surface area (Å²) in [5, 5.41) is 10.1. The van der Waals surface area contributed by atoms with E-state index in [9.17, 15) is 18.3 Å². The molecule has 1 aromatic rings. The molecule has 2 rings (SSSR count). The van der Waals surface area contributed by atoms with Crippen molar-refractivity contribution < 1.29 is 18.3 Å². The van der Waals surface area contributed by atoms with E-state index in [1.54, 1.807) is 6.92 Å². The third-order valence-electron chi connectivity index (χ3n) is 5.22. The molecule has 1 aliphatic rings. The maximum absolute atomic E-state index is 12.8. The number of aliphatic hydroxyl groups is 1. The first kappa shape index (κ1) is 20.7. The van der Waals surface area contributed by atoms with Gasteiger partial charge in [0.1, 0.15) is 5.76 Å². The molecule has 0 spiro atoms. The third-order valence-corrected chi connectivity index (χ3v) is 7.61. The first-order valence-corrected chi connectivity index (χ1v) is 11.0. The zero-order valence-corrected chi connectivity index (χ0v) is 17.2. The molecule has 5 heteroatoms. The van der Waals surface area contributed by atoms with Gasteiger partial charge in [-0.2, -0.15) is 0 Å². The molecule has 0 aromatic heterocycles. The molecule has 2 atom stereocenters. The van der Waals surface area contributed by atoms with Crippen molar-refractivity contribution in [2.45, 2.75) is 65.6 Å². The van der Waals surface area contributed by atoms with Crippen LogP contribution in [0.1, 0.15) is 61.8 Å². The Morgan fingerprint density at radius 1 is 1.15 bits per heavy atom. The Balaban J connectivity index is 2.28. The van der Waals surface area contributed by atoms with Crippen molar-refractivity contribution in [1.82, 2.24) is 0 Å². The molecule has 2 unspecified atom stereocenters. The number of ketones is 1. The summed E-state index contributed by atoms with van der Waals surface area (Å²) in [4.78, 5) is 12.8. The van der Waals surface area contributed by atoms with Gasteiger partial charge in [0.05, 0.1) is 16.6 Å². The van der Waals surface area contributed by atoms with E-state index in [0.717, 1.165) is 22.3 Å². The van der Waals surface area contributed by atoms with Crippen LogP contribution in [0.15, 0.2) is 17.9 Å². The Morgan fingerprint density at radius 2 is 1.73 bits per heavy atom. The van der Waals surface area contributed by atoms with Crippen molar-refractivity contribution in [3.05, 3.63) is 40.1 Å². The average Bonchev–Trinajstić information content (AvgIpc) is 2.48. The molecule has 0 saturated heterocycles. The minimum atomic E-state index is -3.14. The van der Waals surface area contributed by atoms with E-state index in [1.165, 1.54) is 0 Å². The molecule has 1 aromatic carbocycles. The molecule has 26 heavy (non-hydrogen) atoms. The van der Waals surface area contributed by atoms with E-state index in [4.69, 9.17) is 0 Å². The Kier molecular flexibility index (Phi) is 6.33. The molecule has 0 bridgehead atoms. The number of hydrogen-bond donors (Lipinski definition) is 1. The Labute approximate surface area is 157 Å². The monoisotopic (exact) mass is 378 g/mol. The number of sulfone groups is 1. The van der Waals surface area contributed by atoms with Crippen LogP contribution in [-0.4, -0.2) is 30.3 Å². The summed E-state index contributed by atoms with van der Waals surface area (Å²) in [5.74, 6) is 0.0538. The summed E-state index contributed by atoms with van der Waals surface area (Å²) in [6.45, 7) is 9.47. The second-order valence-corrected chi connectivity index (χ2v) is 10.2. The fraction of sp³-hybridized carbons (Fsp3) is 0.571. The normalized spacial score (nSPS) is 19.7. The minimum Gasteiger partial charge on any atom is -0.512 e. The largest absolute Gasteiger partial charge is 0.512 e. The van der Waals surface area contributed by atoms with E-state index < -0.39 is 15.1 Å². The van der Waals surface area contributed by atoms with E-state index in [2.05, 4.69) is 0 Å². The fourth-order valence-corrected chi connectivity index (χ4v) is 5.64. The summed E-state index contributed by atoms with van der Waals surface area (Å²) in [6.07, 6.45) is 1.66. The number of hydrogen-bond acceptors (Lipinski definition) is 4. The number of aryl methyl sites for hydroxylation is 3. The van der Waals surface area contributed by atoms with Crippen LogP contribution in [0.5, 0.6) is 0 Å². The van der Waals surface area contributed by atoms with Crippen molar-refractivity contribution in [3.63, 3.8) is 0 Å². The van der Waals surface area contributed by atoms with E-state index in [0.29, 0.717) is 24.8 Å². The highest BCUT2D eigenvalue weighted by molar-refractivity contribution is 7.91. The number of aliphatic hydroxyl groups excluding tert-OH is 1. The van der Waals surface area contributed by atoms with E-state index in [-0.39, 0.29) is 29.6 Å². The number of carbonyl (C=O) groups excluding carboxylic acids is 1. The highest BCUT2D eigenvalue weighted by Crippen LogP contribution is 2.37. The van der Waals surface area contributed by atoms with Gasteiger partial charge in [0.25, 0.3) is 0 Å². The van der Waals surface area contributed by atoms with Crippen LogP contribution in [0.2, 0.25) is 0 Å². The molecular formula is C21H30O4S. The lowest BCUT2D eigenvalue weighted by Gasteiger charge is -2.27. The van der Waals surface area contributed by atoms with Crippen LogP contribution in [0.3, 0.4) is 0 Å². The van der Waals surface area contributed by atoms with Crippen LogP contribution in [0.25, 0.3) is 5.57 Å². The van der Waals surface area contributed by atoms with Gasteiger partial charge in [-0.25, -0.2) is 8.42 Å². The maximum atomic E-state index is 12.8. The van der Waals surface area contributed by atoms with Crippen LogP contribution in [0, 0.1) is 26.7 Å². The standard InChI is InChI=1S/C21H30O4S/c1-6-7-26(24,25)16(5)10-17-11-18(22)21(19(23)12-17)20-14(3)8-13(2)9-15(20)4/h8-9,16-17,22H,6-7,10-12H2,1-5H3. The van der Waals surface area contributed by atoms with E-state index in [1.807, 2.05) is 39.8 Å². The van der Waals surface area contributed by atoms with Crippen LogP contribution >= 0.6 is 0 Å². The Morgan fingerprint density at radius 3 is 2.23 bits per heavy atom. The van der Waals surface area contributed by atoms with Crippen molar-refractivity contribution >= 4 is 21.2 Å². The molecule has 0 saturated carbocycles. The first-order chi connectivity index (χ1) is 12.1. The topological polar surface area (TPSA) is 71.4 Å². The molecule has 144 valence electrons. The molecule has 0 amide bonds. The molecule has 0 heterocycles. The van der Waals surface area contributed by atoms with E-state index >= 15 is 0 Å².